The van der Waals surface area contributed by atoms with Crippen LogP contribution < -0.4 is 5.32 Å². The van der Waals surface area contributed by atoms with Crippen LogP contribution >= 0.6 is 0 Å². The normalized spacial score (nSPS) is 11.7. The fraction of sp³-hybridized carbons (Fsp3) is 0.455. The number of aryl methyl sites for hydroxylation is 1. The molecule has 1 heterocycles. The third kappa shape index (κ3) is 4.10. The number of amides is 1. The number of alkyl carbamates (subject to hydrolysis) is 1. The standard InChI is InChI=1S/C11H15NO6/c1-7-3-4-8(18-7)6-17-11(15)12-9(5-13)10(14)16-2/h3-4,9,13H,5-6H2,1-2H3,(H,12,15). The minimum absolute atomic E-state index is 0.0566. The molecule has 0 saturated heterocycles. The van der Waals surface area contributed by atoms with Crippen molar-refractivity contribution in [3.63, 3.8) is 0 Å². The molecule has 0 fully saturated rings. The Balaban J connectivity index is 2.39. The Kier molecular flexibility index (Phi) is 5.19. The van der Waals surface area contributed by atoms with E-state index in [2.05, 4.69) is 10.1 Å². The Morgan fingerprint density at radius 1 is 1.50 bits per heavy atom. The molecule has 1 amide bonds. The number of furan rings is 1. The van der Waals surface area contributed by atoms with Crippen LogP contribution in [0.2, 0.25) is 0 Å². The zero-order chi connectivity index (χ0) is 13.5. The number of aliphatic hydroxyl groups excluding tert-OH is 1. The molecule has 0 bridgehead atoms. The highest BCUT2D eigenvalue weighted by atomic mass is 16.6. The van der Waals surface area contributed by atoms with E-state index >= 15 is 0 Å². The third-order valence-corrected chi connectivity index (χ3v) is 2.10. The number of aliphatic hydroxyl groups is 1. The van der Waals surface area contributed by atoms with Crippen LogP contribution in [0.4, 0.5) is 4.79 Å². The average Bonchev–Trinajstić information content (AvgIpc) is 2.78. The van der Waals surface area contributed by atoms with Crippen LogP contribution in [0.25, 0.3) is 0 Å². The van der Waals surface area contributed by atoms with Gasteiger partial charge in [-0.3, -0.25) is 0 Å². The maximum absolute atomic E-state index is 11.3. The highest BCUT2D eigenvalue weighted by Crippen LogP contribution is 2.07. The number of rotatable bonds is 5. The molecule has 100 valence electrons. The number of methoxy groups -OCH3 is 1. The summed E-state index contributed by atoms with van der Waals surface area (Å²) in [5.41, 5.74) is 0. The molecule has 1 unspecified atom stereocenters. The molecule has 1 rings (SSSR count). The fourth-order valence-corrected chi connectivity index (χ4v) is 1.20. The summed E-state index contributed by atoms with van der Waals surface area (Å²) in [6.45, 7) is 1.14. The van der Waals surface area contributed by atoms with Gasteiger partial charge in [0, 0.05) is 0 Å². The molecule has 1 aromatic heterocycles. The monoisotopic (exact) mass is 257 g/mol. The summed E-state index contributed by atoms with van der Waals surface area (Å²) in [6, 6.07) is 2.27. The van der Waals surface area contributed by atoms with Crippen LogP contribution in [0.15, 0.2) is 16.5 Å². The van der Waals surface area contributed by atoms with Crippen LogP contribution in [0, 0.1) is 6.92 Å². The van der Waals surface area contributed by atoms with Gasteiger partial charge >= 0.3 is 12.1 Å². The molecule has 7 nitrogen and oxygen atoms in total. The molecule has 2 N–H and O–H groups in total. The first-order chi connectivity index (χ1) is 8.56. The Labute approximate surface area is 104 Å². The van der Waals surface area contributed by atoms with Gasteiger partial charge in [0.05, 0.1) is 13.7 Å². The number of ether oxygens (including phenoxy) is 2. The highest BCUT2D eigenvalue weighted by molar-refractivity contribution is 5.81. The molecule has 0 aromatic carbocycles. The van der Waals surface area contributed by atoms with Crippen molar-refractivity contribution in [3.8, 4) is 0 Å². The van der Waals surface area contributed by atoms with E-state index in [4.69, 9.17) is 14.3 Å². The van der Waals surface area contributed by atoms with Gasteiger partial charge in [-0.2, -0.15) is 0 Å². The van der Waals surface area contributed by atoms with Crippen LogP contribution in [0.3, 0.4) is 0 Å². The molecule has 0 saturated carbocycles. The molecule has 0 spiro atoms. The summed E-state index contributed by atoms with van der Waals surface area (Å²) < 4.78 is 14.4. The third-order valence-electron chi connectivity index (χ3n) is 2.10. The molecule has 7 heteroatoms. The van der Waals surface area contributed by atoms with Gasteiger partial charge in [-0.1, -0.05) is 0 Å². The average molecular weight is 257 g/mol. The van der Waals surface area contributed by atoms with Crippen molar-refractivity contribution in [2.24, 2.45) is 0 Å². The van der Waals surface area contributed by atoms with Crippen molar-refractivity contribution < 1.29 is 28.6 Å². The van der Waals surface area contributed by atoms with Gasteiger partial charge in [-0.25, -0.2) is 9.59 Å². The summed E-state index contributed by atoms with van der Waals surface area (Å²) in [5.74, 6) is 0.446. The summed E-state index contributed by atoms with van der Waals surface area (Å²) in [4.78, 5) is 22.4. The second kappa shape index (κ2) is 6.65. The van der Waals surface area contributed by atoms with Gasteiger partial charge < -0.3 is 24.3 Å². The molecule has 0 aliphatic heterocycles. The van der Waals surface area contributed by atoms with Crippen LogP contribution in [-0.2, 0) is 20.9 Å². The predicted molar refractivity (Wildman–Crippen MR) is 59.7 cm³/mol. The summed E-state index contributed by atoms with van der Waals surface area (Å²) in [5, 5.41) is 11.0. The van der Waals surface area contributed by atoms with E-state index in [1.165, 1.54) is 0 Å². The lowest BCUT2D eigenvalue weighted by atomic mass is 10.3. The Bertz CT molecular complexity index is 413. The molecule has 1 aromatic rings. The van der Waals surface area contributed by atoms with E-state index < -0.39 is 24.7 Å². The maximum atomic E-state index is 11.3. The quantitative estimate of drug-likeness (QED) is 0.738. The van der Waals surface area contributed by atoms with Crippen LogP contribution in [0.5, 0.6) is 0 Å². The number of hydrogen-bond acceptors (Lipinski definition) is 6. The van der Waals surface area contributed by atoms with Gasteiger partial charge in [-0.15, -0.1) is 0 Å². The van der Waals surface area contributed by atoms with Crippen molar-refractivity contribution in [2.45, 2.75) is 19.6 Å². The number of nitrogens with one attached hydrogen (secondary N) is 1. The fourth-order valence-electron chi connectivity index (χ4n) is 1.20. The topological polar surface area (TPSA) is 98.0 Å². The number of esters is 1. The van der Waals surface area contributed by atoms with Crippen LogP contribution in [0.1, 0.15) is 11.5 Å². The minimum Gasteiger partial charge on any atom is -0.467 e. The summed E-state index contributed by atoms with van der Waals surface area (Å²) >= 11 is 0. The molecular weight excluding hydrogens is 242 g/mol. The van der Waals surface area contributed by atoms with Gasteiger partial charge in [0.2, 0.25) is 0 Å². The molecule has 0 aliphatic carbocycles. The van der Waals surface area contributed by atoms with Crippen molar-refractivity contribution in [1.82, 2.24) is 5.32 Å². The summed E-state index contributed by atoms with van der Waals surface area (Å²) in [7, 11) is 1.16. The van der Waals surface area contributed by atoms with E-state index in [9.17, 15) is 9.59 Å². The number of carbonyl (C=O) groups is 2. The smallest absolute Gasteiger partial charge is 0.408 e. The first-order valence-corrected chi connectivity index (χ1v) is 5.24. The predicted octanol–water partition coefficient (Wildman–Crippen LogP) is 0.348. The summed E-state index contributed by atoms with van der Waals surface area (Å²) in [6.07, 6.45) is -0.839. The molecule has 0 aliphatic rings. The van der Waals surface area contributed by atoms with Crippen molar-refractivity contribution in [1.29, 1.82) is 0 Å². The highest BCUT2D eigenvalue weighted by Gasteiger charge is 2.21. The second-order valence-corrected chi connectivity index (χ2v) is 3.49. The first kappa shape index (κ1) is 14.0. The largest absolute Gasteiger partial charge is 0.467 e. The van der Waals surface area contributed by atoms with Gasteiger partial charge in [0.1, 0.15) is 11.5 Å². The van der Waals surface area contributed by atoms with Crippen LogP contribution in [-0.4, -0.2) is 36.9 Å². The van der Waals surface area contributed by atoms with Gasteiger partial charge in [0.15, 0.2) is 12.6 Å². The Morgan fingerprint density at radius 3 is 2.72 bits per heavy atom. The van der Waals surface area contributed by atoms with Gasteiger partial charge in [-0.05, 0) is 19.1 Å². The lowest BCUT2D eigenvalue weighted by Crippen LogP contribution is -2.44. The second-order valence-electron chi connectivity index (χ2n) is 3.49. The first-order valence-electron chi connectivity index (χ1n) is 5.24. The Hall–Kier alpha value is -2.02. The van der Waals surface area contributed by atoms with E-state index in [0.717, 1.165) is 7.11 Å². The van der Waals surface area contributed by atoms with E-state index in [1.807, 2.05) is 0 Å². The molecule has 0 radical (unpaired) electrons. The van der Waals surface area contributed by atoms with E-state index in [-0.39, 0.29) is 6.61 Å². The molecule has 1 atom stereocenters. The van der Waals surface area contributed by atoms with Crippen molar-refractivity contribution >= 4 is 12.1 Å². The van der Waals surface area contributed by atoms with Gasteiger partial charge in [0.25, 0.3) is 0 Å². The minimum atomic E-state index is -1.14. The zero-order valence-corrected chi connectivity index (χ0v) is 10.1. The van der Waals surface area contributed by atoms with E-state index in [0.29, 0.717) is 11.5 Å². The SMILES string of the molecule is COC(=O)C(CO)NC(=O)OCc1ccc(C)o1. The lowest BCUT2D eigenvalue weighted by Gasteiger charge is -2.13. The van der Waals surface area contributed by atoms with E-state index in [1.54, 1.807) is 19.1 Å². The van der Waals surface area contributed by atoms with Crippen molar-refractivity contribution in [3.05, 3.63) is 23.7 Å². The lowest BCUT2D eigenvalue weighted by molar-refractivity contribution is -0.144. The van der Waals surface area contributed by atoms with Crippen molar-refractivity contribution in [2.75, 3.05) is 13.7 Å². The number of carbonyl (C=O) groups excluding carboxylic acids is 2. The maximum Gasteiger partial charge on any atom is 0.408 e. The molecule has 18 heavy (non-hydrogen) atoms. The molecular formula is C11H15NO6. The Morgan fingerprint density at radius 2 is 2.22 bits per heavy atom. The zero-order valence-electron chi connectivity index (χ0n) is 10.1. The number of hydrogen-bond donors (Lipinski definition) is 2.